The minimum Gasteiger partial charge on any atom is -0.493 e. The molecule has 0 fully saturated rings. The molecule has 0 saturated carbocycles. The molecular formula is C45H61N3O6Si. The van der Waals surface area contributed by atoms with Crippen LogP contribution in [0.3, 0.4) is 0 Å². The maximum Gasteiger partial charge on any atom is 0.355 e. The van der Waals surface area contributed by atoms with Crippen LogP contribution in [0.5, 0.6) is 5.75 Å². The van der Waals surface area contributed by atoms with Gasteiger partial charge in [-0.05, 0) is 95.5 Å². The molecule has 10 heteroatoms. The van der Waals surface area contributed by atoms with Crippen molar-refractivity contribution in [1.29, 1.82) is 0 Å². The minimum atomic E-state index is -2.08. The van der Waals surface area contributed by atoms with E-state index in [9.17, 15) is 9.59 Å². The molecule has 5 rings (SSSR count). The van der Waals surface area contributed by atoms with Gasteiger partial charge in [0.1, 0.15) is 17.0 Å². The van der Waals surface area contributed by atoms with Crippen LogP contribution in [0.1, 0.15) is 102 Å². The number of aryl methyl sites for hydroxylation is 4. The van der Waals surface area contributed by atoms with Crippen LogP contribution in [0.15, 0.2) is 60.7 Å². The summed E-state index contributed by atoms with van der Waals surface area (Å²) in [5.41, 5.74) is 5.79. The van der Waals surface area contributed by atoms with Crippen molar-refractivity contribution in [3.05, 3.63) is 83.3 Å². The Morgan fingerprint density at radius 2 is 1.56 bits per heavy atom. The number of carbonyl (C=O) groups is 2. The summed E-state index contributed by atoms with van der Waals surface area (Å²) in [5, 5.41) is 8.15. The van der Waals surface area contributed by atoms with Gasteiger partial charge in [-0.3, -0.25) is 9.48 Å². The summed E-state index contributed by atoms with van der Waals surface area (Å²) in [6.07, 6.45) is 2.88. The molecule has 0 radical (unpaired) electrons. The Labute approximate surface area is 328 Å². The Morgan fingerprint density at radius 1 is 0.873 bits per heavy atom. The molecule has 0 aliphatic rings. The zero-order chi connectivity index (χ0) is 40.1. The van der Waals surface area contributed by atoms with Gasteiger partial charge in [-0.15, -0.1) is 0 Å². The van der Waals surface area contributed by atoms with Crippen LogP contribution in [-0.2, 0) is 45.3 Å². The van der Waals surface area contributed by atoms with Gasteiger partial charge in [-0.1, -0.05) is 75.4 Å². The highest BCUT2D eigenvalue weighted by Crippen LogP contribution is 2.41. The maximum absolute atomic E-state index is 14.1. The molecule has 5 aromatic rings. The number of unbranched alkanes of at least 4 members (excludes halogenated alkanes) is 1. The maximum atomic E-state index is 14.1. The summed E-state index contributed by atoms with van der Waals surface area (Å²) in [7, 11) is -0.107. The first kappa shape index (κ1) is 41.7. The molecule has 55 heavy (non-hydrogen) atoms. The smallest absolute Gasteiger partial charge is 0.355 e. The standard InChI is InChI=1S/C45H61N3O6Si/c1-12-51-43(50)42-35(25-19-29-52-38-26-17-21-32-20-13-14-22-33(32)38)34-23-18-24-36(41(34)48(42)28-16-15-27-39(49)54-44(3,4)5)40-31(2)46-47(9)37(40)30-53-55(10,11)45(6,7)8/h13-14,17-18,20-24,26H,12,15-16,19,25,27-30H2,1-11H3. The summed E-state index contributed by atoms with van der Waals surface area (Å²) in [6, 6.07) is 20.6. The molecule has 296 valence electrons. The van der Waals surface area contributed by atoms with Crippen molar-refractivity contribution in [2.45, 2.75) is 124 Å². The topological polar surface area (TPSA) is 93.8 Å². The van der Waals surface area contributed by atoms with E-state index in [2.05, 4.69) is 74.8 Å². The number of benzene rings is 3. The number of para-hydroxylation sites is 1. The second-order valence-electron chi connectivity index (χ2n) is 17.0. The van der Waals surface area contributed by atoms with Gasteiger partial charge in [0.25, 0.3) is 0 Å². The van der Waals surface area contributed by atoms with E-state index in [4.69, 9.17) is 23.7 Å². The van der Waals surface area contributed by atoms with Crippen molar-refractivity contribution in [3.63, 3.8) is 0 Å². The van der Waals surface area contributed by atoms with Crippen molar-refractivity contribution in [1.82, 2.24) is 14.3 Å². The lowest BCUT2D eigenvalue weighted by Crippen LogP contribution is -2.40. The summed E-state index contributed by atoms with van der Waals surface area (Å²) in [5.74, 6) is 0.268. The van der Waals surface area contributed by atoms with Crippen molar-refractivity contribution in [2.24, 2.45) is 7.05 Å². The van der Waals surface area contributed by atoms with Gasteiger partial charge in [0.2, 0.25) is 0 Å². The van der Waals surface area contributed by atoms with Crippen LogP contribution in [0, 0.1) is 6.92 Å². The van der Waals surface area contributed by atoms with E-state index in [0.717, 1.165) is 55.5 Å². The van der Waals surface area contributed by atoms with Crippen LogP contribution >= 0.6 is 0 Å². The molecule has 0 saturated heterocycles. The zero-order valence-electron chi connectivity index (χ0n) is 34.9. The normalized spacial score (nSPS) is 12.4. The van der Waals surface area contributed by atoms with Crippen molar-refractivity contribution < 1.29 is 28.2 Å². The van der Waals surface area contributed by atoms with E-state index in [1.165, 1.54) is 0 Å². The number of rotatable bonds is 16. The first-order valence-corrected chi connectivity index (χ1v) is 22.6. The number of hydrogen-bond acceptors (Lipinski definition) is 7. The Kier molecular flexibility index (Phi) is 13.0. The van der Waals surface area contributed by atoms with E-state index in [1.54, 1.807) is 0 Å². The summed E-state index contributed by atoms with van der Waals surface area (Å²) in [6.45, 7) is 22.5. The fraction of sp³-hybridized carbons (Fsp3) is 0.489. The number of carbonyl (C=O) groups excluding carboxylic acids is 2. The highest BCUT2D eigenvalue weighted by Gasteiger charge is 2.38. The molecule has 0 unspecified atom stereocenters. The number of aromatic nitrogens is 3. The Morgan fingerprint density at radius 3 is 2.27 bits per heavy atom. The Bertz CT molecular complexity index is 2130. The highest BCUT2D eigenvalue weighted by molar-refractivity contribution is 6.74. The zero-order valence-corrected chi connectivity index (χ0v) is 35.9. The van der Waals surface area contributed by atoms with Crippen molar-refractivity contribution in [2.75, 3.05) is 13.2 Å². The van der Waals surface area contributed by atoms with Gasteiger partial charge in [0.05, 0.1) is 36.7 Å². The molecule has 0 N–H and O–H groups in total. The van der Waals surface area contributed by atoms with Crippen LogP contribution in [0.25, 0.3) is 32.8 Å². The highest BCUT2D eigenvalue weighted by atomic mass is 28.4. The first-order chi connectivity index (χ1) is 25.9. The lowest BCUT2D eigenvalue weighted by atomic mass is 9.98. The lowest BCUT2D eigenvalue weighted by molar-refractivity contribution is -0.154. The van der Waals surface area contributed by atoms with Gasteiger partial charge in [-0.25, -0.2) is 4.79 Å². The Hall–Kier alpha value is -4.41. The van der Waals surface area contributed by atoms with Crippen LogP contribution in [0.4, 0.5) is 0 Å². The number of nitrogens with zero attached hydrogens (tertiary/aromatic N) is 3. The third-order valence-electron chi connectivity index (χ3n) is 10.7. The minimum absolute atomic E-state index is 0.0512. The third kappa shape index (κ3) is 9.70. The number of hydrogen-bond donors (Lipinski definition) is 0. The third-order valence-corrected chi connectivity index (χ3v) is 15.1. The van der Waals surface area contributed by atoms with Crippen molar-refractivity contribution in [3.8, 4) is 16.9 Å². The van der Waals surface area contributed by atoms with E-state index in [-0.39, 0.29) is 23.6 Å². The second-order valence-corrected chi connectivity index (χ2v) is 21.8. The first-order valence-electron chi connectivity index (χ1n) is 19.7. The van der Waals surface area contributed by atoms with E-state index in [1.807, 2.05) is 70.6 Å². The molecule has 0 atom stereocenters. The van der Waals surface area contributed by atoms with E-state index in [0.29, 0.717) is 57.6 Å². The van der Waals surface area contributed by atoms with Gasteiger partial charge >= 0.3 is 11.9 Å². The Balaban J connectivity index is 1.57. The van der Waals surface area contributed by atoms with Gasteiger partial charge < -0.3 is 23.2 Å². The molecule has 0 amide bonds. The summed E-state index contributed by atoms with van der Waals surface area (Å²) < 4.78 is 28.6. The van der Waals surface area contributed by atoms with Gasteiger partial charge in [-0.2, -0.15) is 5.10 Å². The summed E-state index contributed by atoms with van der Waals surface area (Å²) in [4.78, 5) is 26.7. The molecule has 3 aromatic carbocycles. The van der Waals surface area contributed by atoms with Gasteiger partial charge in [0.15, 0.2) is 8.32 Å². The molecule has 0 spiro atoms. The molecule has 2 heterocycles. The molecule has 0 aliphatic carbocycles. The van der Waals surface area contributed by atoms with Crippen molar-refractivity contribution >= 4 is 41.9 Å². The average Bonchev–Trinajstić information content (AvgIpc) is 3.58. The predicted molar refractivity (Wildman–Crippen MR) is 224 cm³/mol. The average molecular weight is 768 g/mol. The number of fused-ring (bicyclic) bond motifs is 2. The molecule has 2 aromatic heterocycles. The number of ether oxygens (including phenoxy) is 3. The fourth-order valence-electron chi connectivity index (χ4n) is 6.96. The monoisotopic (exact) mass is 767 g/mol. The predicted octanol–water partition coefficient (Wildman–Crippen LogP) is 10.7. The molecule has 0 aliphatic heterocycles. The molecule has 9 nitrogen and oxygen atoms in total. The SMILES string of the molecule is CCOC(=O)c1c(CCCOc2cccc3ccccc23)c2cccc(-c3c(C)nn(C)c3CO[Si](C)(C)C(C)(C)C)c2n1CCCCC(=O)OC(C)(C)C. The quantitative estimate of drug-likeness (QED) is 0.0560. The summed E-state index contributed by atoms with van der Waals surface area (Å²) >= 11 is 0. The largest absolute Gasteiger partial charge is 0.493 e. The van der Waals surface area contributed by atoms with Crippen LogP contribution < -0.4 is 4.74 Å². The number of esters is 2. The molecular weight excluding hydrogens is 707 g/mol. The molecule has 0 bridgehead atoms. The van der Waals surface area contributed by atoms with Crippen LogP contribution in [0.2, 0.25) is 18.1 Å². The van der Waals surface area contributed by atoms with Gasteiger partial charge in [0, 0.05) is 41.9 Å². The van der Waals surface area contributed by atoms with E-state index < -0.39 is 13.9 Å². The lowest BCUT2D eigenvalue weighted by Gasteiger charge is -2.36. The second kappa shape index (κ2) is 17.2. The van der Waals surface area contributed by atoms with Crippen LogP contribution in [-0.4, -0.2) is 53.4 Å². The van der Waals surface area contributed by atoms with E-state index >= 15 is 0 Å². The fourth-order valence-corrected chi connectivity index (χ4v) is 7.89.